The van der Waals surface area contributed by atoms with Gasteiger partial charge in [-0.2, -0.15) is 0 Å². The molecule has 0 unspecified atom stereocenters. The quantitative estimate of drug-likeness (QED) is 0.520. The van der Waals surface area contributed by atoms with Gasteiger partial charge in [0.15, 0.2) is 0 Å². The zero-order valence-corrected chi connectivity index (χ0v) is 9.86. The Kier molecular flexibility index (Phi) is 19.7. The summed E-state index contributed by atoms with van der Waals surface area (Å²) in [6.07, 6.45) is 1.25. The summed E-state index contributed by atoms with van der Waals surface area (Å²) in [5, 5.41) is 0. The highest BCUT2D eigenvalue weighted by molar-refractivity contribution is 4.06. The molecule has 0 radical (unpaired) electrons. The van der Waals surface area contributed by atoms with Crippen molar-refractivity contribution in [2.24, 2.45) is 0 Å². The minimum Gasteiger partial charge on any atom is -0.331 e. The molecule has 72 valence electrons. The monoisotopic (exact) mass is 162 g/mol. The van der Waals surface area contributed by atoms with Crippen LogP contribution in [-0.4, -0.2) is 32.2 Å². The van der Waals surface area contributed by atoms with Crippen molar-refractivity contribution in [3.63, 3.8) is 0 Å². The summed E-state index contributed by atoms with van der Waals surface area (Å²) in [4.78, 5) is 0. The van der Waals surface area contributed by atoms with Gasteiger partial charge in [-0.15, -0.1) is 0 Å². The minimum absolute atomic E-state index is 1.07. The Labute approximate surface area is 74.0 Å². The smallest absolute Gasteiger partial charge is 0.0751 e. The van der Waals surface area contributed by atoms with Crippen LogP contribution in [0, 0.1) is 0 Å². The summed E-state index contributed by atoms with van der Waals surface area (Å²) in [5.41, 5.74) is 0. The molecule has 1 nitrogen and oxygen atoms in total. The fourth-order valence-electron chi connectivity index (χ4n) is 0. The van der Waals surface area contributed by atoms with Crippen LogP contribution in [0.15, 0.2) is 0 Å². The molecular formula is C10H28N+. The highest BCUT2D eigenvalue weighted by atomic mass is 15.3. The Morgan fingerprint density at radius 1 is 0.818 bits per heavy atom. The maximum absolute atomic E-state index is 2.18. The van der Waals surface area contributed by atoms with Crippen molar-refractivity contribution in [1.29, 1.82) is 0 Å². The van der Waals surface area contributed by atoms with Crippen molar-refractivity contribution >= 4 is 0 Å². The summed E-state index contributed by atoms with van der Waals surface area (Å²) < 4.78 is 1.07. The maximum atomic E-state index is 2.18. The molecule has 0 saturated heterocycles. The highest BCUT2D eigenvalue weighted by Gasteiger charge is 1.97. The summed E-state index contributed by atoms with van der Waals surface area (Å²) in [5.74, 6) is 0. The molecule has 0 spiro atoms. The van der Waals surface area contributed by atoms with Crippen molar-refractivity contribution in [2.75, 3.05) is 27.7 Å². The third-order valence-electron chi connectivity index (χ3n) is 0.949. The molecule has 0 aromatic heterocycles. The molecule has 1 heteroatoms. The minimum atomic E-state index is 1.07. The molecule has 0 bridgehead atoms. The van der Waals surface area contributed by atoms with Crippen LogP contribution >= 0.6 is 0 Å². The van der Waals surface area contributed by atoms with Gasteiger partial charge in [-0.1, -0.05) is 34.1 Å². The van der Waals surface area contributed by atoms with Crippen LogP contribution in [0.5, 0.6) is 0 Å². The Balaban J connectivity index is -0.000000109. The van der Waals surface area contributed by atoms with Gasteiger partial charge in [-0.25, -0.2) is 0 Å². The molecule has 0 fully saturated rings. The van der Waals surface area contributed by atoms with E-state index in [-0.39, 0.29) is 0 Å². The van der Waals surface area contributed by atoms with Gasteiger partial charge in [0.2, 0.25) is 0 Å². The number of quaternary nitrogens is 1. The zero-order valence-electron chi connectivity index (χ0n) is 9.86. The average molecular weight is 162 g/mol. The lowest BCUT2D eigenvalue weighted by molar-refractivity contribution is -0.868. The molecule has 11 heavy (non-hydrogen) atoms. The topological polar surface area (TPSA) is 0 Å². The second-order valence-electron chi connectivity index (χ2n) is 3.31. The fourth-order valence-corrected chi connectivity index (χ4v) is 0. The SMILES string of the molecule is CC.CCC.CC[N+](C)(C)C. The van der Waals surface area contributed by atoms with Crippen LogP contribution in [0.1, 0.15) is 41.0 Å². The van der Waals surface area contributed by atoms with Crippen LogP contribution in [0.2, 0.25) is 0 Å². The molecule has 0 atom stereocenters. The summed E-state index contributed by atoms with van der Waals surface area (Å²) in [6, 6.07) is 0. The van der Waals surface area contributed by atoms with Gasteiger partial charge in [0.1, 0.15) is 0 Å². The van der Waals surface area contributed by atoms with E-state index in [1.54, 1.807) is 0 Å². The van der Waals surface area contributed by atoms with Gasteiger partial charge < -0.3 is 4.48 Å². The highest BCUT2D eigenvalue weighted by Crippen LogP contribution is 1.83. The normalized spacial score (nSPS) is 8.73. The molecule has 0 N–H and O–H groups in total. The molecule has 0 aliphatic rings. The molecular weight excluding hydrogens is 134 g/mol. The summed E-state index contributed by atoms with van der Waals surface area (Å²) in [7, 11) is 6.54. The molecule has 0 aliphatic heterocycles. The predicted octanol–water partition coefficient (Wildman–Crippen LogP) is 3.16. The molecule has 0 rings (SSSR count). The Morgan fingerprint density at radius 3 is 0.909 bits per heavy atom. The van der Waals surface area contributed by atoms with E-state index in [4.69, 9.17) is 0 Å². The van der Waals surface area contributed by atoms with Gasteiger partial charge in [-0.3, -0.25) is 0 Å². The number of nitrogens with zero attached hydrogens (tertiary/aromatic N) is 1. The van der Waals surface area contributed by atoms with Crippen molar-refractivity contribution in [1.82, 2.24) is 0 Å². The van der Waals surface area contributed by atoms with Gasteiger partial charge in [0.25, 0.3) is 0 Å². The second-order valence-corrected chi connectivity index (χ2v) is 3.31. The number of hydrogen-bond acceptors (Lipinski definition) is 0. The van der Waals surface area contributed by atoms with E-state index < -0.39 is 0 Å². The lowest BCUT2D eigenvalue weighted by Crippen LogP contribution is -2.33. The molecule has 0 aliphatic carbocycles. The van der Waals surface area contributed by atoms with Gasteiger partial charge in [-0.05, 0) is 6.92 Å². The standard InChI is InChI=1S/C5H14N.C3H8.C2H6/c1-5-6(2,3)4;1-3-2;1-2/h5H2,1-4H3;3H2,1-2H3;1-2H3/q+1;;. The van der Waals surface area contributed by atoms with Gasteiger partial charge >= 0.3 is 0 Å². The fraction of sp³-hybridized carbons (Fsp3) is 1.00. The Morgan fingerprint density at radius 2 is 0.909 bits per heavy atom. The van der Waals surface area contributed by atoms with E-state index in [0.717, 1.165) is 4.48 Å². The molecule has 0 heterocycles. The van der Waals surface area contributed by atoms with E-state index in [1.807, 2.05) is 13.8 Å². The first-order valence-electron chi connectivity index (χ1n) is 4.78. The van der Waals surface area contributed by atoms with Gasteiger partial charge in [0, 0.05) is 0 Å². The first-order chi connectivity index (χ1) is 4.97. The second kappa shape index (κ2) is 12.6. The Hall–Kier alpha value is -0.0400. The van der Waals surface area contributed by atoms with Crippen LogP contribution < -0.4 is 0 Å². The molecule has 0 aromatic rings. The van der Waals surface area contributed by atoms with Crippen molar-refractivity contribution in [3.05, 3.63) is 0 Å². The molecule has 0 amide bonds. The van der Waals surface area contributed by atoms with E-state index in [9.17, 15) is 0 Å². The zero-order chi connectivity index (χ0) is 9.91. The van der Waals surface area contributed by atoms with E-state index in [0.29, 0.717) is 0 Å². The third-order valence-corrected chi connectivity index (χ3v) is 0.949. The van der Waals surface area contributed by atoms with E-state index >= 15 is 0 Å². The largest absolute Gasteiger partial charge is 0.331 e. The van der Waals surface area contributed by atoms with E-state index in [1.165, 1.54) is 13.0 Å². The molecule has 0 aromatic carbocycles. The Bertz CT molecular complexity index is 43.3. The predicted molar refractivity (Wildman–Crippen MR) is 55.9 cm³/mol. The lowest BCUT2D eigenvalue weighted by Gasteiger charge is -2.20. The van der Waals surface area contributed by atoms with Crippen LogP contribution in [0.3, 0.4) is 0 Å². The van der Waals surface area contributed by atoms with Crippen LogP contribution in [0.4, 0.5) is 0 Å². The van der Waals surface area contributed by atoms with E-state index in [2.05, 4.69) is 41.9 Å². The first kappa shape index (κ1) is 17.2. The first-order valence-corrected chi connectivity index (χ1v) is 4.78. The van der Waals surface area contributed by atoms with Gasteiger partial charge in [0.05, 0.1) is 27.7 Å². The summed E-state index contributed by atoms with van der Waals surface area (Å²) >= 11 is 0. The average Bonchev–Trinajstić information content (AvgIpc) is 1.93. The van der Waals surface area contributed by atoms with Crippen molar-refractivity contribution in [2.45, 2.75) is 41.0 Å². The number of hydrogen-bond donors (Lipinski definition) is 0. The van der Waals surface area contributed by atoms with Crippen LogP contribution in [-0.2, 0) is 0 Å². The number of rotatable bonds is 1. The van der Waals surface area contributed by atoms with Crippen molar-refractivity contribution < 1.29 is 4.48 Å². The van der Waals surface area contributed by atoms with Crippen molar-refractivity contribution in [3.8, 4) is 0 Å². The molecule has 0 saturated carbocycles. The summed E-state index contributed by atoms with van der Waals surface area (Å²) in [6.45, 7) is 11.6. The lowest BCUT2D eigenvalue weighted by atomic mass is 10.6. The van der Waals surface area contributed by atoms with Crippen LogP contribution in [0.25, 0.3) is 0 Å². The third kappa shape index (κ3) is 72.0. The maximum Gasteiger partial charge on any atom is 0.0751 e.